The molecule has 0 radical (unpaired) electrons. The van der Waals surface area contributed by atoms with Gasteiger partial charge in [-0.05, 0) is 25.2 Å². The van der Waals surface area contributed by atoms with Crippen molar-refractivity contribution in [3.05, 3.63) is 23.5 Å². The molecule has 0 bridgehead atoms. The Hall–Kier alpha value is -1.84. The number of hydrogen-bond acceptors (Lipinski definition) is 6. The van der Waals surface area contributed by atoms with E-state index < -0.39 is 12.2 Å². The minimum Gasteiger partial charge on any atom is -0.493 e. The zero-order chi connectivity index (χ0) is 21.5. The van der Waals surface area contributed by atoms with Gasteiger partial charge in [0.25, 0.3) is 0 Å². The van der Waals surface area contributed by atoms with Crippen LogP contribution in [0.5, 0.6) is 0 Å². The van der Waals surface area contributed by atoms with Crippen LogP contribution in [-0.2, 0) is 9.47 Å². The molecule has 0 aromatic heterocycles. The summed E-state index contributed by atoms with van der Waals surface area (Å²) in [6, 6.07) is 2.32. The molecule has 0 aromatic carbocycles. The zero-order valence-electron chi connectivity index (χ0n) is 18.3. The van der Waals surface area contributed by atoms with E-state index in [1.54, 1.807) is 0 Å². The van der Waals surface area contributed by atoms with Crippen LogP contribution in [0.25, 0.3) is 0 Å². The first-order valence-electron chi connectivity index (χ1n) is 11.5. The Bertz CT molecular complexity index is 708. The Kier molecular flexibility index (Phi) is 8.35. The van der Waals surface area contributed by atoms with E-state index >= 15 is 0 Å². The first-order chi connectivity index (χ1) is 14.5. The molecule has 2 unspecified atom stereocenters. The molecule has 6 nitrogen and oxygen atoms in total. The summed E-state index contributed by atoms with van der Waals surface area (Å²) < 4.78 is 11.5. The average molecular weight is 417 g/mol. The first-order valence-corrected chi connectivity index (χ1v) is 11.5. The quantitative estimate of drug-likeness (QED) is 0.416. The Labute approximate surface area is 180 Å². The van der Waals surface area contributed by atoms with E-state index in [1.165, 1.54) is 0 Å². The number of nitriles is 1. The van der Waals surface area contributed by atoms with Crippen molar-refractivity contribution < 1.29 is 19.7 Å². The molecule has 2 N–H and O–H groups in total. The van der Waals surface area contributed by atoms with E-state index in [2.05, 4.69) is 24.9 Å². The Morgan fingerprint density at radius 2 is 2.23 bits per heavy atom. The Balaban J connectivity index is 1.57. The smallest absolute Gasteiger partial charge is 0.183 e. The lowest BCUT2D eigenvalue weighted by Gasteiger charge is -2.18. The van der Waals surface area contributed by atoms with Gasteiger partial charge in [-0.25, -0.2) is 0 Å². The standard InChI is InChI=1S/C24H36N2O4/c1-3-4-6-16(2)20(27)10-9-18-19-13-22(30-23(19)14-21(18)28)17(15-25)7-5-8-24-26-11-12-29-24/h9-10,16,18-21,23,27-28H,3-8,11-14H2,1-2H3/b10-9+,22-17+/t16?,18-,19-,20-,21?,23+/m1/s1. The molecule has 1 aliphatic carbocycles. The van der Waals surface area contributed by atoms with Crippen molar-refractivity contribution in [2.24, 2.45) is 22.7 Å². The highest BCUT2D eigenvalue weighted by Crippen LogP contribution is 2.46. The van der Waals surface area contributed by atoms with Crippen molar-refractivity contribution in [2.45, 2.75) is 83.5 Å². The van der Waals surface area contributed by atoms with Crippen LogP contribution in [-0.4, -0.2) is 47.6 Å². The fourth-order valence-electron chi connectivity index (χ4n) is 4.75. The van der Waals surface area contributed by atoms with E-state index in [4.69, 9.17) is 9.47 Å². The van der Waals surface area contributed by atoms with E-state index in [0.717, 1.165) is 50.3 Å². The molecule has 2 heterocycles. The van der Waals surface area contributed by atoms with Crippen molar-refractivity contribution in [3.8, 4) is 6.07 Å². The summed E-state index contributed by atoms with van der Waals surface area (Å²) in [6.07, 6.45) is 9.56. The highest BCUT2D eigenvalue weighted by Gasteiger charge is 2.47. The number of aliphatic hydroxyl groups excluding tert-OH is 2. The number of rotatable bonds is 10. The maximum absolute atomic E-state index is 10.5. The molecular weight excluding hydrogens is 380 g/mol. The number of nitrogens with zero attached hydrogens (tertiary/aromatic N) is 2. The zero-order valence-corrected chi connectivity index (χ0v) is 18.3. The van der Waals surface area contributed by atoms with Crippen LogP contribution in [0.4, 0.5) is 0 Å². The van der Waals surface area contributed by atoms with Crippen molar-refractivity contribution in [1.29, 1.82) is 5.26 Å². The Morgan fingerprint density at radius 1 is 1.40 bits per heavy atom. The monoisotopic (exact) mass is 416 g/mol. The van der Waals surface area contributed by atoms with Crippen molar-refractivity contribution in [3.63, 3.8) is 0 Å². The molecule has 1 saturated carbocycles. The van der Waals surface area contributed by atoms with Gasteiger partial charge in [0.05, 0.1) is 30.4 Å². The molecule has 166 valence electrons. The van der Waals surface area contributed by atoms with Crippen LogP contribution in [0, 0.1) is 29.1 Å². The van der Waals surface area contributed by atoms with Gasteiger partial charge in [0.1, 0.15) is 18.5 Å². The van der Waals surface area contributed by atoms with Gasteiger partial charge in [0.2, 0.25) is 0 Å². The fourth-order valence-corrected chi connectivity index (χ4v) is 4.75. The molecule has 0 spiro atoms. The topological polar surface area (TPSA) is 95.1 Å². The highest BCUT2D eigenvalue weighted by atomic mass is 16.5. The summed E-state index contributed by atoms with van der Waals surface area (Å²) in [5, 5.41) is 30.6. The fraction of sp³-hybridized carbons (Fsp3) is 0.750. The highest BCUT2D eigenvalue weighted by molar-refractivity contribution is 5.77. The predicted molar refractivity (Wildman–Crippen MR) is 116 cm³/mol. The maximum atomic E-state index is 10.5. The number of aliphatic imine (C=N–C) groups is 1. The largest absolute Gasteiger partial charge is 0.493 e. The van der Waals surface area contributed by atoms with Crippen LogP contribution in [0.2, 0.25) is 0 Å². The minimum absolute atomic E-state index is 0.0401. The third-order valence-electron chi connectivity index (χ3n) is 6.67. The van der Waals surface area contributed by atoms with Crippen molar-refractivity contribution >= 4 is 5.90 Å². The van der Waals surface area contributed by atoms with Crippen molar-refractivity contribution in [2.75, 3.05) is 13.2 Å². The molecule has 6 heteroatoms. The van der Waals surface area contributed by atoms with Gasteiger partial charge in [0.15, 0.2) is 5.90 Å². The number of aliphatic hydroxyl groups is 2. The first kappa shape index (κ1) is 22.8. The molecule has 3 rings (SSSR count). The van der Waals surface area contributed by atoms with Crippen LogP contribution < -0.4 is 0 Å². The lowest BCUT2D eigenvalue weighted by atomic mass is 9.89. The molecular formula is C24H36N2O4. The molecule has 1 saturated heterocycles. The van der Waals surface area contributed by atoms with Gasteiger partial charge in [-0.2, -0.15) is 5.26 Å². The normalized spacial score (nSPS) is 31.6. The summed E-state index contributed by atoms with van der Waals surface area (Å²) >= 11 is 0. The van der Waals surface area contributed by atoms with Crippen molar-refractivity contribution in [1.82, 2.24) is 0 Å². The second kappa shape index (κ2) is 11.0. The number of unbranched alkanes of at least 4 members (excludes halogenated alkanes) is 1. The molecule has 2 fully saturated rings. The van der Waals surface area contributed by atoms with Crippen LogP contribution >= 0.6 is 0 Å². The van der Waals surface area contributed by atoms with Crippen LogP contribution in [0.15, 0.2) is 28.5 Å². The average Bonchev–Trinajstić information content (AvgIpc) is 3.45. The molecule has 6 atom stereocenters. The number of hydrogen-bond donors (Lipinski definition) is 2. The molecule has 0 aromatic rings. The summed E-state index contributed by atoms with van der Waals surface area (Å²) in [4.78, 5) is 4.29. The van der Waals surface area contributed by atoms with E-state index in [0.29, 0.717) is 31.4 Å². The molecule has 30 heavy (non-hydrogen) atoms. The molecule has 3 aliphatic rings. The van der Waals surface area contributed by atoms with Crippen LogP contribution in [0.3, 0.4) is 0 Å². The van der Waals surface area contributed by atoms with E-state index in [9.17, 15) is 15.5 Å². The third kappa shape index (κ3) is 5.65. The SMILES string of the molecule is CCCCC(C)[C@H](O)/C=C/[C@H]1C(O)C[C@@H]2O/C(=C(/C#N)CCCC3=NCCO3)C[C@@H]21. The number of allylic oxidation sites excluding steroid dienone is 2. The third-order valence-corrected chi connectivity index (χ3v) is 6.67. The van der Waals surface area contributed by atoms with Crippen LogP contribution in [0.1, 0.15) is 65.2 Å². The second-order valence-corrected chi connectivity index (χ2v) is 8.89. The van der Waals surface area contributed by atoms with Gasteiger partial charge in [-0.15, -0.1) is 0 Å². The summed E-state index contributed by atoms with van der Waals surface area (Å²) in [5.74, 6) is 1.91. The second-order valence-electron chi connectivity index (χ2n) is 8.89. The van der Waals surface area contributed by atoms with Gasteiger partial charge < -0.3 is 19.7 Å². The van der Waals surface area contributed by atoms with E-state index in [-0.39, 0.29) is 23.9 Å². The van der Waals surface area contributed by atoms with Gasteiger partial charge >= 0.3 is 0 Å². The maximum Gasteiger partial charge on any atom is 0.183 e. The predicted octanol–water partition coefficient (Wildman–Crippen LogP) is 3.89. The van der Waals surface area contributed by atoms with Gasteiger partial charge in [-0.3, -0.25) is 4.99 Å². The lowest BCUT2D eigenvalue weighted by Crippen LogP contribution is -2.20. The van der Waals surface area contributed by atoms with Gasteiger partial charge in [-0.1, -0.05) is 38.8 Å². The summed E-state index contributed by atoms with van der Waals surface area (Å²) in [6.45, 7) is 5.62. The molecule has 0 amide bonds. The Morgan fingerprint density at radius 3 is 2.93 bits per heavy atom. The van der Waals surface area contributed by atoms with E-state index in [1.807, 2.05) is 12.2 Å². The molecule has 2 aliphatic heterocycles. The van der Waals surface area contributed by atoms with Gasteiger partial charge in [0, 0.05) is 31.1 Å². The summed E-state index contributed by atoms with van der Waals surface area (Å²) in [5.41, 5.74) is 0.702. The number of ether oxygens (including phenoxy) is 2. The number of fused-ring (bicyclic) bond motifs is 1. The minimum atomic E-state index is -0.490. The summed E-state index contributed by atoms with van der Waals surface area (Å²) in [7, 11) is 0. The lowest BCUT2D eigenvalue weighted by molar-refractivity contribution is 0.110.